The Bertz CT molecular complexity index is 890. The molecule has 3 aromatic rings. The molecule has 0 spiro atoms. The van der Waals surface area contributed by atoms with Crippen molar-refractivity contribution in [1.82, 2.24) is 14.6 Å². The molecule has 2 aromatic heterocycles. The number of nitrogens with two attached hydrogens (primary N) is 1. The van der Waals surface area contributed by atoms with Crippen LogP contribution >= 0.6 is 0 Å². The van der Waals surface area contributed by atoms with E-state index in [1.165, 1.54) is 18.4 Å². The van der Waals surface area contributed by atoms with E-state index in [0.717, 1.165) is 41.4 Å². The van der Waals surface area contributed by atoms with Gasteiger partial charge in [0.25, 0.3) is 0 Å². The number of anilines is 1. The lowest BCUT2D eigenvalue weighted by atomic mass is 10.1. The maximum atomic E-state index is 5.53. The Kier molecular flexibility index (Phi) is 4.24. The number of hydrogen-bond acceptors (Lipinski definition) is 4. The molecule has 1 saturated carbocycles. The molecule has 5 heteroatoms. The van der Waals surface area contributed by atoms with Gasteiger partial charge in [-0.05, 0) is 43.0 Å². The second-order valence-electron chi connectivity index (χ2n) is 6.61. The van der Waals surface area contributed by atoms with Crippen molar-refractivity contribution < 1.29 is 0 Å². The molecular weight excluding hydrogens is 310 g/mol. The van der Waals surface area contributed by atoms with E-state index in [2.05, 4.69) is 47.2 Å². The predicted molar refractivity (Wildman–Crippen MR) is 102 cm³/mol. The van der Waals surface area contributed by atoms with Crippen molar-refractivity contribution in [1.29, 1.82) is 0 Å². The number of rotatable bonds is 7. The van der Waals surface area contributed by atoms with Crippen molar-refractivity contribution >= 4 is 11.3 Å². The first-order valence-electron chi connectivity index (χ1n) is 8.81. The molecule has 0 unspecified atom stereocenters. The van der Waals surface area contributed by atoms with Gasteiger partial charge in [0.15, 0.2) is 11.5 Å². The average molecular weight is 333 g/mol. The van der Waals surface area contributed by atoms with Gasteiger partial charge in [0, 0.05) is 30.8 Å². The summed E-state index contributed by atoms with van der Waals surface area (Å²) in [7, 11) is 0. The highest BCUT2D eigenvalue weighted by molar-refractivity contribution is 5.65. The van der Waals surface area contributed by atoms with Gasteiger partial charge >= 0.3 is 0 Å². The molecule has 4 rings (SSSR count). The molecular formula is C20H23N5. The highest BCUT2D eigenvalue weighted by Gasteiger charge is 2.25. The fourth-order valence-electron chi connectivity index (χ4n) is 3.06. The van der Waals surface area contributed by atoms with Crippen LogP contribution in [0.4, 0.5) is 5.69 Å². The predicted octanol–water partition coefficient (Wildman–Crippen LogP) is 3.28. The molecule has 0 atom stereocenters. The van der Waals surface area contributed by atoms with Gasteiger partial charge < -0.3 is 11.1 Å². The SMILES string of the molecule is C=C(Cc1nc2cccc(-c3ccc(NCCN)cc3)n2n1)C1CC1. The van der Waals surface area contributed by atoms with Gasteiger partial charge in [0.1, 0.15) is 0 Å². The lowest BCUT2D eigenvalue weighted by Gasteiger charge is -2.07. The highest BCUT2D eigenvalue weighted by atomic mass is 15.3. The van der Waals surface area contributed by atoms with Crippen LogP contribution in [-0.4, -0.2) is 27.7 Å². The third kappa shape index (κ3) is 3.42. The number of hydrogen-bond donors (Lipinski definition) is 2. The molecule has 3 N–H and O–H groups in total. The molecule has 1 aromatic carbocycles. The highest BCUT2D eigenvalue weighted by Crippen LogP contribution is 2.36. The van der Waals surface area contributed by atoms with Gasteiger partial charge in [-0.25, -0.2) is 9.50 Å². The maximum Gasteiger partial charge on any atom is 0.156 e. The minimum absolute atomic E-state index is 0.620. The summed E-state index contributed by atoms with van der Waals surface area (Å²) in [5.74, 6) is 1.53. The van der Waals surface area contributed by atoms with Crippen molar-refractivity contribution in [3.8, 4) is 11.3 Å². The quantitative estimate of drug-likeness (QED) is 0.651. The molecule has 1 aliphatic carbocycles. The number of pyridine rings is 1. The number of benzene rings is 1. The fraction of sp³-hybridized carbons (Fsp3) is 0.300. The van der Waals surface area contributed by atoms with Gasteiger partial charge in [0.05, 0.1) is 5.69 Å². The zero-order valence-corrected chi connectivity index (χ0v) is 14.3. The smallest absolute Gasteiger partial charge is 0.156 e. The summed E-state index contributed by atoms with van der Waals surface area (Å²) in [4.78, 5) is 4.67. The molecule has 0 bridgehead atoms. The number of fused-ring (bicyclic) bond motifs is 1. The van der Waals surface area contributed by atoms with Gasteiger partial charge in [-0.15, -0.1) is 0 Å². The Morgan fingerprint density at radius 2 is 2.00 bits per heavy atom. The van der Waals surface area contributed by atoms with E-state index >= 15 is 0 Å². The summed E-state index contributed by atoms with van der Waals surface area (Å²) in [6.07, 6.45) is 3.30. The number of allylic oxidation sites excluding steroid dienone is 1. The van der Waals surface area contributed by atoms with E-state index in [9.17, 15) is 0 Å². The number of nitrogens with zero attached hydrogens (tertiary/aromatic N) is 3. The first-order chi connectivity index (χ1) is 12.2. The van der Waals surface area contributed by atoms with Crippen molar-refractivity contribution in [3.63, 3.8) is 0 Å². The summed E-state index contributed by atoms with van der Waals surface area (Å²) in [6, 6.07) is 14.4. The summed E-state index contributed by atoms with van der Waals surface area (Å²) in [6.45, 7) is 5.58. The van der Waals surface area contributed by atoms with Crippen LogP contribution in [0, 0.1) is 5.92 Å². The Balaban J connectivity index is 1.62. The van der Waals surface area contributed by atoms with E-state index in [1.54, 1.807) is 0 Å². The van der Waals surface area contributed by atoms with Gasteiger partial charge in [-0.1, -0.05) is 30.4 Å². The minimum atomic E-state index is 0.620. The number of aromatic nitrogens is 3. The van der Waals surface area contributed by atoms with Crippen LogP contribution in [0.5, 0.6) is 0 Å². The second-order valence-corrected chi connectivity index (χ2v) is 6.61. The van der Waals surface area contributed by atoms with E-state index < -0.39 is 0 Å². The van der Waals surface area contributed by atoms with Gasteiger partial charge in [-0.2, -0.15) is 5.10 Å². The first-order valence-corrected chi connectivity index (χ1v) is 8.81. The van der Waals surface area contributed by atoms with Crippen LogP contribution in [0.2, 0.25) is 0 Å². The van der Waals surface area contributed by atoms with E-state index in [0.29, 0.717) is 12.5 Å². The maximum absolute atomic E-state index is 5.53. The largest absolute Gasteiger partial charge is 0.384 e. The third-order valence-corrected chi connectivity index (χ3v) is 4.60. The molecule has 0 amide bonds. The van der Waals surface area contributed by atoms with E-state index in [1.807, 2.05) is 16.6 Å². The molecule has 5 nitrogen and oxygen atoms in total. The summed E-state index contributed by atoms with van der Waals surface area (Å²) in [5.41, 5.74) is 10.9. The normalized spacial score (nSPS) is 14.0. The topological polar surface area (TPSA) is 68.2 Å². The zero-order valence-electron chi connectivity index (χ0n) is 14.3. The summed E-state index contributed by atoms with van der Waals surface area (Å²) >= 11 is 0. The molecule has 0 aliphatic heterocycles. The lowest BCUT2D eigenvalue weighted by molar-refractivity contribution is 0.856. The number of nitrogens with one attached hydrogen (secondary N) is 1. The second kappa shape index (κ2) is 6.69. The van der Waals surface area contributed by atoms with Crippen LogP contribution in [0.1, 0.15) is 18.7 Å². The van der Waals surface area contributed by atoms with Crippen molar-refractivity contribution in [2.24, 2.45) is 11.7 Å². The fourth-order valence-corrected chi connectivity index (χ4v) is 3.06. The van der Waals surface area contributed by atoms with Crippen LogP contribution in [0.15, 0.2) is 54.6 Å². The minimum Gasteiger partial charge on any atom is -0.384 e. The Morgan fingerprint density at radius 1 is 1.20 bits per heavy atom. The van der Waals surface area contributed by atoms with Gasteiger partial charge in [0.2, 0.25) is 0 Å². The summed E-state index contributed by atoms with van der Waals surface area (Å²) in [5, 5.41) is 8.01. The van der Waals surface area contributed by atoms with Crippen molar-refractivity contribution in [2.75, 3.05) is 18.4 Å². The third-order valence-electron chi connectivity index (χ3n) is 4.60. The molecule has 25 heavy (non-hydrogen) atoms. The summed E-state index contributed by atoms with van der Waals surface area (Å²) < 4.78 is 1.93. The molecule has 0 radical (unpaired) electrons. The first kappa shape index (κ1) is 15.8. The molecule has 2 heterocycles. The standard InChI is InChI=1S/C20H23N5/c1-14(15-5-6-15)13-19-23-20-4-2-3-18(25(20)24-19)16-7-9-17(10-8-16)22-12-11-21/h2-4,7-10,15,22H,1,5-6,11-13,21H2. The lowest BCUT2D eigenvalue weighted by Crippen LogP contribution is -2.12. The molecule has 128 valence electrons. The average Bonchev–Trinajstić information content (AvgIpc) is 3.40. The van der Waals surface area contributed by atoms with Crippen LogP contribution in [0.25, 0.3) is 16.9 Å². The van der Waals surface area contributed by atoms with Crippen LogP contribution < -0.4 is 11.1 Å². The van der Waals surface area contributed by atoms with E-state index in [4.69, 9.17) is 10.8 Å². The monoisotopic (exact) mass is 333 g/mol. The van der Waals surface area contributed by atoms with E-state index in [-0.39, 0.29) is 0 Å². The molecule has 0 saturated heterocycles. The molecule has 1 aliphatic rings. The van der Waals surface area contributed by atoms with Gasteiger partial charge in [-0.3, -0.25) is 0 Å². The molecule has 1 fully saturated rings. The van der Waals surface area contributed by atoms with Crippen molar-refractivity contribution in [2.45, 2.75) is 19.3 Å². The van der Waals surface area contributed by atoms with Crippen LogP contribution in [-0.2, 0) is 6.42 Å². The zero-order chi connectivity index (χ0) is 17.2. The Morgan fingerprint density at radius 3 is 2.72 bits per heavy atom. The van der Waals surface area contributed by atoms with Crippen LogP contribution in [0.3, 0.4) is 0 Å². The Hall–Kier alpha value is -2.66. The Labute approximate surface area is 147 Å². The van der Waals surface area contributed by atoms with Crippen molar-refractivity contribution in [3.05, 3.63) is 60.4 Å².